The summed E-state index contributed by atoms with van der Waals surface area (Å²) in [6.45, 7) is 12.7. The van der Waals surface area contributed by atoms with Crippen LogP contribution in [0.3, 0.4) is 0 Å². The zero-order chi connectivity index (χ0) is 40.9. The highest BCUT2D eigenvalue weighted by molar-refractivity contribution is 8.07. The molecule has 0 aliphatic carbocycles. The van der Waals surface area contributed by atoms with Gasteiger partial charge in [0, 0.05) is 36.4 Å². The van der Waals surface area contributed by atoms with Crippen molar-refractivity contribution in [2.45, 2.75) is 97.7 Å². The van der Waals surface area contributed by atoms with Gasteiger partial charge >= 0.3 is 30.0 Å². The number of nitrogens with one attached hydrogen (secondary N) is 2. The summed E-state index contributed by atoms with van der Waals surface area (Å²) in [5.41, 5.74) is 1.09. The standard InChI is InChI=1S/C36H44N5O13PS/c1-8-25-27(14-30(51-25)41-16-22(5)33(44)39-36(41)47)54-55(56,49-10-9-37-7)50-17-28-26(13-29(52-28)40-15-21(4)32(43)38-35(40)46)53-31(42)18-48-34(45)24-11-19(2)23(6)20(3)12-24/h11-12,15-16,25-30H,8-10,13-14,17-18H2,1-6H3,(H,38,43,46)(H,39,44,47). The molecule has 4 heterocycles. The van der Waals surface area contributed by atoms with Crippen LogP contribution in [0.1, 0.15) is 76.8 Å². The lowest BCUT2D eigenvalue weighted by atomic mass is 10.0. The molecule has 302 valence electrons. The van der Waals surface area contributed by atoms with E-state index in [1.54, 1.807) is 19.1 Å². The first-order valence-electron chi connectivity index (χ1n) is 17.8. The van der Waals surface area contributed by atoms with Crippen LogP contribution >= 0.6 is 6.72 Å². The summed E-state index contributed by atoms with van der Waals surface area (Å²) in [7, 11) is 0. The predicted molar refractivity (Wildman–Crippen MR) is 203 cm³/mol. The zero-order valence-electron chi connectivity index (χ0n) is 31.7. The van der Waals surface area contributed by atoms with Crippen LogP contribution in [0.15, 0.2) is 43.7 Å². The number of aromatic amines is 2. The largest absolute Gasteiger partial charge is 0.457 e. The minimum absolute atomic E-state index is 0.0602. The fraction of sp³-hybridized carbons (Fsp3) is 0.528. The lowest BCUT2D eigenvalue weighted by Gasteiger charge is -2.28. The van der Waals surface area contributed by atoms with E-state index >= 15 is 0 Å². The maximum Gasteiger partial charge on any atom is 0.344 e. The molecule has 56 heavy (non-hydrogen) atoms. The molecule has 2 aliphatic heterocycles. The smallest absolute Gasteiger partial charge is 0.344 e. The number of hydrogen-bond donors (Lipinski definition) is 2. The number of H-pyrrole nitrogens is 2. The third kappa shape index (κ3) is 10.1. The Morgan fingerprint density at radius 3 is 1.98 bits per heavy atom. The first kappa shape index (κ1) is 42.6. The number of carbonyl (C=O) groups is 2. The van der Waals surface area contributed by atoms with Gasteiger partial charge < -0.3 is 37.4 Å². The van der Waals surface area contributed by atoms with Crippen molar-refractivity contribution in [1.29, 1.82) is 0 Å². The number of aromatic nitrogens is 4. The van der Waals surface area contributed by atoms with Crippen molar-refractivity contribution in [1.82, 2.24) is 19.1 Å². The predicted octanol–water partition coefficient (Wildman–Crippen LogP) is 2.94. The number of benzene rings is 1. The van der Waals surface area contributed by atoms with E-state index in [4.69, 9.17) is 50.9 Å². The van der Waals surface area contributed by atoms with Gasteiger partial charge in [0.2, 0.25) is 6.54 Å². The van der Waals surface area contributed by atoms with Gasteiger partial charge in [-0.1, -0.05) is 6.92 Å². The second kappa shape index (κ2) is 18.2. The SMILES string of the molecule is [C-]#[N+]CCOP(=S)(OCC1OC(n2cc(C)c(=O)[nH]c2=O)CC1OC(=O)COC(=O)c1cc(C)c(C)c(C)c1)OC1CC(n2cc(C)c(=O)[nH]c2=O)OC1CC. The first-order chi connectivity index (χ1) is 26.5. The zero-order valence-corrected chi connectivity index (χ0v) is 33.4. The third-order valence-corrected chi connectivity index (χ3v) is 11.9. The van der Waals surface area contributed by atoms with E-state index in [9.17, 15) is 28.8 Å². The number of carbonyl (C=O) groups excluding carboxylic acids is 2. The number of aryl methyl sites for hydroxylation is 4. The van der Waals surface area contributed by atoms with Crippen LogP contribution < -0.4 is 22.5 Å². The number of hydrogen-bond acceptors (Lipinski definition) is 14. The molecule has 2 aromatic heterocycles. The molecule has 7 unspecified atom stereocenters. The highest BCUT2D eigenvalue weighted by atomic mass is 32.5. The van der Waals surface area contributed by atoms with Gasteiger partial charge in [-0.25, -0.2) is 25.8 Å². The highest BCUT2D eigenvalue weighted by Gasteiger charge is 2.44. The summed E-state index contributed by atoms with van der Waals surface area (Å²) in [6.07, 6.45) is -2.07. The van der Waals surface area contributed by atoms with Crippen molar-refractivity contribution < 1.29 is 42.1 Å². The van der Waals surface area contributed by atoms with Crippen molar-refractivity contribution in [2.24, 2.45) is 0 Å². The normalized spacial score (nSPS) is 23.0. The van der Waals surface area contributed by atoms with Crippen LogP contribution in [0, 0.1) is 41.2 Å². The molecule has 2 N–H and O–H groups in total. The van der Waals surface area contributed by atoms with Crippen LogP contribution in [0.4, 0.5) is 0 Å². The van der Waals surface area contributed by atoms with Gasteiger partial charge in [-0.3, -0.25) is 28.7 Å². The van der Waals surface area contributed by atoms with Crippen molar-refractivity contribution in [3.63, 3.8) is 0 Å². The molecule has 2 fully saturated rings. The van der Waals surface area contributed by atoms with Crippen molar-refractivity contribution in [2.75, 3.05) is 26.4 Å². The Morgan fingerprint density at radius 2 is 1.43 bits per heavy atom. The average Bonchev–Trinajstić information content (AvgIpc) is 3.74. The van der Waals surface area contributed by atoms with Crippen LogP contribution in [0.25, 0.3) is 4.85 Å². The maximum absolute atomic E-state index is 13.1. The van der Waals surface area contributed by atoms with Crippen LogP contribution in [-0.2, 0) is 49.1 Å². The minimum atomic E-state index is -3.74. The Balaban J connectivity index is 1.34. The Kier molecular flexibility index (Phi) is 13.8. The fourth-order valence-corrected chi connectivity index (χ4v) is 8.40. The van der Waals surface area contributed by atoms with Crippen LogP contribution in [-0.4, -0.2) is 81.8 Å². The molecule has 2 saturated heterocycles. The minimum Gasteiger partial charge on any atom is -0.457 e. The summed E-state index contributed by atoms with van der Waals surface area (Å²) >= 11 is 5.81. The molecule has 0 amide bonds. The molecule has 20 heteroatoms. The van der Waals surface area contributed by atoms with E-state index in [-0.39, 0.29) is 43.7 Å². The molecular weight excluding hydrogens is 773 g/mol. The van der Waals surface area contributed by atoms with Crippen molar-refractivity contribution in [3.05, 3.63) is 111 Å². The van der Waals surface area contributed by atoms with E-state index in [1.807, 2.05) is 27.7 Å². The topological polar surface area (TPSA) is 213 Å². The molecule has 7 atom stereocenters. The molecule has 0 spiro atoms. The summed E-state index contributed by atoms with van der Waals surface area (Å²) < 4.78 is 44.0. The lowest BCUT2D eigenvalue weighted by Crippen LogP contribution is -2.33. The molecule has 0 radical (unpaired) electrons. The van der Waals surface area contributed by atoms with E-state index in [2.05, 4.69) is 14.8 Å². The average molecular weight is 818 g/mol. The van der Waals surface area contributed by atoms with Gasteiger partial charge in [0.15, 0.2) is 6.61 Å². The summed E-state index contributed by atoms with van der Waals surface area (Å²) in [5, 5.41) is 0. The monoisotopic (exact) mass is 817 g/mol. The van der Waals surface area contributed by atoms with E-state index in [0.717, 1.165) is 21.3 Å². The van der Waals surface area contributed by atoms with Gasteiger partial charge in [-0.15, -0.1) is 0 Å². The van der Waals surface area contributed by atoms with Crippen molar-refractivity contribution in [3.8, 4) is 0 Å². The Bertz CT molecular complexity index is 2270. The van der Waals surface area contributed by atoms with E-state index in [0.29, 0.717) is 12.0 Å². The molecule has 18 nitrogen and oxygen atoms in total. The second-order valence-electron chi connectivity index (χ2n) is 13.5. The van der Waals surface area contributed by atoms with Gasteiger partial charge in [0.25, 0.3) is 11.1 Å². The van der Waals surface area contributed by atoms with Crippen LogP contribution in [0.5, 0.6) is 0 Å². The molecular formula is C36H44N5O13PS. The molecule has 2 aliphatic rings. The van der Waals surface area contributed by atoms with Gasteiger partial charge in [-0.05, 0) is 81.7 Å². The summed E-state index contributed by atoms with van der Waals surface area (Å²) in [4.78, 5) is 83.2. The summed E-state index contributed by atoms with van der Waals surface area (Å²) in [5.74, 6) is -1.62. The molecule has 1 aromatic carbocycles. The first-order valence-corrected chi connectivity index (χ1v) is 20.4. The van der Waals surface area contributed by atoms with Gasteiger partial charge in [0.05, 0.1) is 24.4 Å². The third-order valence-electron chi connectivity index (χ3n) is 9.56. The Morgan fingerprint density at radius 1 is 0.875 bits per heavy atom. The number of ether oxygens (including phenoxy) is 4. The second-order valence-corrected chi connectivity index (χ2v) is 16.5. The van der Waals surface area contributed by atoms with Crippen LogP contribution in [0.2, 0.25) is 0 Å². The molecule has 5 rings (SSSR count). The highest BCUT2D eigenvalue weighted by Crippen LogP contribution is 2.54. The fourth-order valence-electron chi connectivity index (χ4n) is 6.28. The number of esters is 2. The Labute approximate surface area is 326 Å². The lowest BCUT2D eigenvalue weighted by molar-refractivity contribution is -0.156. The molecule has 0 bridgehead atoms. The van der Waals surface area contributed by atoms with E-state index in [1.165, 1.54) is 23.9 Å². The number of rotatable bonds is 15. The molecule has 3 aromatic rings. The summed E-state index contributed by atoms with van der Waals surface area (Å²) in [6, 6.07) is 3.33. The van der Waals surface area contributed by atoms with Gasteiger partial charge in [-0.2, -0.15) is 0 Å². The maximum atomic E-state index is 13.1. The van der Waals surface area contributed by atoms with Crippen molar-refractivity contribution >= 4 is 30.5 Å². The Hall–Kier alpha value is -4.54. The quantitative estimate of drug-likeness (QED) is 0.0978. The molecule has 0 saturated carbocycles. The van der Waals surface area contributed by atoms with E-state index < -0.39 is 84.6 Å². The van der Waals surface area contributed by atoms with Gasteiger partial charge in [0.1, 0.15) is 31.3 Å². The number of nitrogens with zero attached hydrogens (tertiary/aromatic N) is 3.